The monoisotopic (exact) mass is 421 g/mol. The lowest BCUT2D eigenvalue weighted by Crippen LogP contribution is -2.51. The first-order chi connectivity index (χ1) is 14.3. The van der Waals surface area contributed by atoms with Gasteiger partial charge in [-0.2, -0.15) is 5.10 Å². The summed E-state index contributed by atoms with van der Waals surface area (Å²) < 4.78 is 30.0. The molecule has 0 aliphatic carbocycles. The number of aliphatic hydroxyl groups is 1. The lowest BCUT2D eigenvalue weighted by atomic mass is 9.90. The molecule has 0 fully saturated rings. The van der Waals surface area contributed by atoms with E-state index in [1.165, 1.54) is 12.1 Å². The highest BCUT2D eigenvalue weighted by molar-refractivity contribution is 5.26. The molecule has 1 aromatic heterocycles. The SMILES string of the molecule is CCCCC(C)N(CC(O)(Cn1cccn1)c1ccc(F)cc1F)C(C)CCCC. The molecule has 3 unspecified atom stereocenters. The predicted molar refractivity (Wildman–Crippen MR) is 117 cm³/mol. The van der Waals surface area contributed by atoms with Gasteiger partial charge in [-0.1, -0.05) is 45.6 Å². The summed E-state index contributed by atoms with van der Waals surface area (Å²) in [7, 11) is 0. The normalized spacial score (nSPS) is 15.9. The molecule has 1 aromatic carbocycles. The van der Waals surface area contributed by atoms with Gasteiger partial charge in [-0.15, -0.1) is 0 Å². The zero-order valence-corrected chi connectivity index (χ0v) is 18.8. The number of rotatable bonds is 13. The molecule has 0 amide bonds. The van der Waals surface area contributed by atoms with Crippen LogP contribution in [0.4, 0.5) is 8.78 Å². The van der Waals surface area contributed by atoms with E-state index in [9.17, 15) is 13.9 Å². The Hall–Kier alpha value is -1.79. The van der Waals surface area contributed by atoms with Crippen LogP contribution in [-0.2, 0) is 12.1 Å². The van der Waals surface area contributed by atoms with Gasteiger partial charge in [0.2, 0.25) is 0 Å². The Kier molecular flexibility index (Phi) is 9.43. The van der Waals surface area contributed by atoms with Gasteiger partial charge in [-0.25, -0.2) is 8.78 Å². The zero-order valence-electron chi connectivity index (χ0n) is 18.8. The van der Waals surface area contributed by atoms with Gasteiger partial charge in [0.15, 0.2) is 0 Å². The van der Waals surface area contributed by atoms with Gasteiger partial charge in [0.1, 0.15) is 17.2 Å². The van der Waals surface area contributed by atoms with Gasteiger partial charge in [0.25, 0.3) is 0 Å². The van der Waals surface area contributed by atoms with Crippen LogP contribution in [0.3, 0.4) is 0 Å². The molecular formula is C24H37F2N3O. The van der Waals surface area contributed by atoms with Crippen molar-refractivity contribution in [2.45, 2.75) is 90.4 Å². The molecule has 30 heavy (non-hydrogen) atoms. The Morgan fingerprint density at radius 1 is 1.10 bits per heavy atom. The van der Waals surface area contributed by atoms with Crippen LogP contribution in [-0.4, -0.2) is 38.4 Å². The van der Waals surface area contributed by atoms with Crippen LogP contribution >= 0.6 is 0 Å². The Morgan fingerprint density at radius 2 is 1.73 bits per heavy atom. The number of benzene rings is 1. The average molecular weight is 422 g/mol. The van der Waals surface area contributed by atoms with Crippen molar-refractivity contribution < 1.29 is 13.9 Å². The summed E-state index contributed by atoms with van der Waals surface area (Å²) in [6.07, 6.45) is 9.80. The lowest BCUT2D eigenvalue weighted by Gasteiger charge is -2.41. The van der Waals surface area contributed by atoms with E-state index < -0.39 is 17.2 Å². The van der Waals surface area contributed by atoms with Crippen LogP contribution < -0.4 is 0 Å². The van der Waals surface area contributed by atoms with Crippen LogP contribution in [0.2, 0.25) is 0 Å². The highest BCUT2D eigenvalue weighted by Gasteiger charge is 2.37. The van der Waals surface area contributed by atoms with Crippen molar-refractivity contribution in [3.8, 4) is 0 Å². The van der Waals surface area contributed by atoms with E-state index in [1.807, 2.05) is 0 Å². The van der Waals surface area contributed by atoms with Crippen molar-refractivity contribution in [3.63, 3.8) is 0 Å². The van der Waals surface area contributed by atoms with Crippen LogP contribution in [0.25, 0.3) is 0 Å². The highest BCUT2D eigenvalue weighted by Crippen LogP contribution is 2.30. The quantitative estimate of drug-likeness (QED) is 0.464. The molecule has 0 radical (unpaired) electrons. The number of nitrogens with zero attached hydrogens (tertiary/aromatic N) is 3. The van der Waals surface area contributed by atoms with E-state index in [4.69, 9.17) is 0 Å². The maximum Gasteiger partial charge on any atom is 0.132 e. The molecule has 2 aromatic rings. The van der Waals surface area contributed by atoms with Crippen LogP contribution in [0.1, 0.15) is 71.8 Å². The number of halogens is 2. The van der Waals surface area contributed by atoms with Gasteiger partial charge in [-0.3, -0.25) is 9.58 Å². The summed E-state index contributed by atoms with van der Waals surface area (Å²) in [4.78, 5) is 2.29. The van der Waals surface area contributed by atoms with Crippen molar-refractivity contribution in [1.29, 1.82) is 0 Å². The van der Waals surface area contributed by atoms with Crippen molar-refractivity contribution >= 4 is 0 Å². The van der Waals surface area contributed by atoms with Crippen LogP contribution in [0, 0.1) is 11.6 Å². The fourth-order valence-corrected chi connectivity index (χ4v) is 4.13. The molecular weight excluding hydrogens is 384 g/mol. The van der Waals surface area contributed by atoms with E-state index >= 15 is 0 Å². The van der Waals surface area contributed by atoms with E-state index in [1.54, 1.807) is 23.1 Å². The van der Waals surface area contributed by atoms with E-state index in [0.717, 1.165) is 44.6 Å². The summed E-state index contributed by atoms with van der Waals surface area (Å²) >= 11 is 0. The Labute approximate surface area is 179 Å². The molecule has 2 rings (SSSR count). The van der Waals surface area contributed by atoms with Crippen LogP contribution in [0.5, 0.6) is 0 Å². The fraction of sp³-hybridized carbons (Fsp3) is 0.625. The molecule has 0 aliphatic rings. The maximum atomic E-state index is 14.8. The number of aromatic nitrogens is 2. The van der Waals surface area contributed by atoms with E-state index in [-0.39, 0.29) is 30.7 Å². The second-order valence-electron chi connectivity index (χ2n) is 8.51. The summed E-state index contributed by atoms with van der Waals surface area (Å²) in [5, 5.41) is 16.0. The minimum Gasteiger partial charge on any atom is -0.382 e. The fourth-order valence-electron chi connectivity index (χ4n) is 4.13. The molecule has 0 bridgehead atoms. The zero-order chi connectivity index (χ0) is 22.1. The second-order valence-corrected chi connectivity index (χ2v) is 8.51. The predicted octanol–water partition coefficient (Wildman–Crippen LogP) is 5.51. The maximum absolute atomic E-state index is 14.8. The number of hydrogen-bond acceptors (Lipinski definition) is 3. The number of hydrogen-bond donors (Lipinski definition) is 1. The molecule has 0 aliphatic heterocycles. The van der Waals surface area contributed by atoms with Crippen molar-refractivity contribution in [2.75, 3.05) is 6.54 Å². The summed E-state index contributed by atoms with van der Waals surface area (Å²) in [5.74, 6) is -1.38. The van der Waals surface area contributed by atoms with Crippen molar-refractivity contribution in [2.24, 2.45) is 0 Å². The first-order valence-electron chi connectivity index (χ1n) is 11.2. The van der Waals surface area contributed by atoms with Gasteiger partial charge >= 0.3 is 0 Å². The standard InChI is InChI=1S/C24H37F2N3O/c1-5-7-10-19(3)29(20(4)11-8-6-2)18-24(30,17-28-15-9-14-27-28)22-13-12-21(25)16-23(22)26/h9,12-16,19-20,30H,5-8,10-11,17-18H2,1-4H3. The third-order valence-corrected chi connectivity index (χ3v) is 5.94. The Morgan fingerprint density at radius 3 is 2.23 bits per heavy atom. The third-order valence-electron chi connectivity index (χ3n) is 5.94. The smallest absolute Gasteiger partial charge is 0.132 e. The topological polar surface area (TPSA) is 41.3 Å². The van der Waals surface area contributed by atoms with Gasteiger partial charge in [-0.05, 0) is 38.8 Å². The minimum atomic E-state index is -1.54. The Balaban J connectivity index is 2.40. The third kappa shape index (κ3) is 6.61. The molecule has 3 atom stereocenters. The molecule has 1 heterocycles. The first kappa shape index (κ1) is 24.5. The van der Waals surface area contributed by atoms with Crippen LogP contribution in [0.15, 0.2) is 36.7 Å². The molecule has 4 nitrogen and oxygen atoms in total. The highest BCUT2D eigenvalue weighted by atomic mass is 19.1. The lowest BCUT2D eigenvalue weighted by molar-refractivity contribution is -0.0433. The Bertz CT molecular complexity index is 739. The summed E-state index contributed by atoms with van der Waals surface area (Å²) in [5.41, 5.74) is -1.43. The average Bonchev–Trinajstić information content (AvgIpc) is 3.21. The largest absolute Gasteiger partial charge is 0.382 e. The van der Waals surface area contributed by atoms with Crippen molar-refractivity contribution in [3.05, 3.63) is 53.9 Å². The van der Waals surface area contributed by atoms with Gasteiger partial charge in [0.05, 0.1) is 6.54 Å². The number of unbranched alkanes of at least 4 members (excludes halogenated alkanes) is 2. The van der Waals surface area contributed by atoms with E-state index in [2.05, 4.69) is 37.7 Å². The summed E-state index contributed by atoms with van der Waals surface area (Å²) in [6.45, 7) is 9.03. The minimum absolute atomic E-state index is 0.0973. The molecule has 1 N–H and O–H groups in total. The first-order valence-corrected chi connectivity index (χ1v) is 11.2. The van der Waals surface area contributed by atoms with Gasteiger partial charge < -0.3 is 5.11 Å². The molecule has 0 saturated carbocycles. The molecule has 168 valence electrons. The molecule has 0 saturated heterocycles. The molecule has 6 heteroatoms. The summed E-state index contributed by atoms with van der Waals surface area (Å²) in [6, 6.07) is 5.66. The van der Waals surface area contributed by atoms with Crippen molar-refractivity contribution in [1.82, 2.24) is 14.7 Å². The molecule has 0 spiro atoms. The van der Waals surface area contributed by atoms with Gasteiger partial charge in [0, 0.05) is 42.7 Å². The second kappa shape index (κ2) is 11.6. The van der Waals surface area contributed by atoms with E-state index in [0.29, 0.717) is 0 Å².